The minimum absolute atomic E-state index is 0.422. The summed E-state index contributed by atoms with van der Waals surface area (Å²) < 4.78 is 5.38. The minimum Gasteiger partial charge on any atom is -0.444 e. The molecular weight excluding hydrogens is 376 g/mol. The first-order valence-corrected chi connectivity index (χ1v) is 11.1. The number of ether oxygens (including phenoxy) is 1. The van der Waals surface area contributed by atoms with E-state index in [2.05, 4.69) is 31.1 Å². The SMILES string of the molecule is C=C(C)CCCC(C)CCNCC(O)C(Cc1ccccc1)NC(=O)OC(C)(C)C. The van der Waals surface area contributed by atoms with Gasteiger partial charge in [0, 0.05) is 6.54 Å². The molecule has 5 nitrogen and oxygen atoms in total. The Morgan fingerprint density at radius 3 is 2.47 bits per heavy atom. The molecule has 0 spiro atoms. The van der Waals surface area contributed by atoms with E-state index in [0.29, 0.717) is 18.9 Å². The van der Waals surface area contributed by atoms with Gasteiger partial charge in [-0.25, -0.2) is 4.79 Å². The summed E-state index contributed by atoms with van der Waals surface area (Å²) in [6.45, 7) is 15.0. The summed E-state index contributed by atoms with van der Waals surface area (Å²) in [5, 5.41) is 16.9. The van der Waals surface area contributed by atoms with Crippen LogP contribution < -0.4 is 10.6 Å². The fraction of sp³-hybridized carbons (Fsp3) is 0.640. The van der Waals surface area contributed by atoms with E-state index in [1.54, 1.807) is 0 Å². The number of hydrogen-bond donors (Lipinski definition) is 3. The largest absolute Gasteiger partial charge is 0.444 e. The molecule has 30 heavy (non-hydrogen) atoms. The lowest BCUT2D eigenvalue weighted by atomic mass is 9.99. The van der Waals surface area contributed by atoms with E-state index < -0.39 is 23.8 Å². The third kappa shape index (κ3) is 12.7. The number of benzene rings is 1. The molecule has 0 aliphatic rings. The van der Waals surface area contributed by atoms with Crippen molar-refractivity contribution in [2.24, 2.45) is 5.92 Å². The molecule has 1 aromatic rings. The fourth-order valence-electron chi connectivity index (χ4n) is 3.25. The zero-order valence-electron chi connectivity index (χ0n) is 19.5. The lowest BCUT2D eigenvalue weighted by molar-refractivity contribution is 0.0422. The second kappa shape index (κ2) is 13.5. The molecule has 0 heterocycles. The van der Waals surface area contributed by atoms with Gasteiger partial charge in [-0.05, 0) is 71.4 Å². The van der Waals surface area contributed by atoms with Crippen LogP contribution in [-0.4, -0.2) is 42.0 Å². The Bertz CT molecular complexity index is 625. The van der Waals surface area contributed by atoms with Crippen molar-refractivity contribution < 1.29 is 14.6 Å². The summed E-state index contributed by atoms with van der Waals surface area (Å²) in [6.07, 6.45) is 3.84. The van der Waals surface area contributed by atoms with Gasteiger partial charge in [0.25, 0.3) is 0 Å². The predicted octanol–water partition coefficient (Wildman–Crippen LogP) is 4.85. The number of allylic oxidation sites excluding steroid dienone is 1. The van der Waals surface area contributed by atoms with Crippen LogP contribution in [0.2, 0.25) is 0 Å². The van der Waals surface area contributed by atoms with Crippen molar-refractivity contribution in [3.63, 3.8) is 0 Å². The Labute approximate surface area is 183 Å². The predicted molar refractivity (Wildman–Crippen MR) is 125 cm³/mol. The highest BCUT2D eigenvalue weighted by Gasteiger charge is 2.24. The molecule has 0 aliphatic heterocycles. The molecular formula is C25H42N2O3. The number of nitrogens with one attached hydrogen (secondary N) is 2. The summed E-state index contributed by atoms with van der Waals surface area (Å²) in [5.74, 6) is 0.633. The first kappa shape index (κ1) is 26.2. The van der Waals surface area contributed by atoms with Gasteiger partial charge in [-0.3, -0.25) is 0 Å². The van der Waals surface area contributed by atoms with Crippen LogP contribution >= 0.6 is 0 Å². The van der Waals surface area contributed by atoms with Gasteiger partial charge < -0.3 is 20.5 Å². The third-order valence-electron chi connectivity index (χ3n) is 4.93. The van der Waals surface area contributed by atoms with Gasteiger partial charge in [0.15, 0.2) is 0 Å². The lowest BCUT2D eigenvalue weighted by Crippen LogP contribution is -2.50. The normalized spacial score (nSPS) is 14.6. The van der Waals surface area contributed by atoms with Crippen LogP contribution in [0.5, 0.6) is 0 Å². The molecule has 0 saturated carbocycles. The number of alkyl carbamates (subject to hydrolysis) is 1. The van der Waals surface area contributed by atoms with E-state index in [-0.39, 0.29) is 0 Å². The quantitative estimate of drug-likeness (QED) is 0.316. The second-order valence-corrected chi connectivity index (χ2v) is 9.46. The third-order valence-corrected chi connectivity index (χ3v) is 4.93. The Balaban J connectivity index is 2.50. The van der Waals surface area contributed by atoms with E-state index >= 15 is 0 Å². The highest BCUT2D eigenvalue weighted by Crippen LogP contribution is 2.14. The molecule has 1 rings (SSSR count). The Morgan fingerprint density at radius 1 is 1.20 bits per heavy atom. The molecule has 3 N–H and O–H groups in total. The topological polar surface area (TPSA) is 70.6 Å². The van der Waals surface area contributed by atoms with Crippen LogP contribution in [0.1, 0.15) is 65.9 Å². The highest BCUT2D eigenvalue weighted by molar-refractivity contribution is 5.68. The average Bonchev–Trinajstić information content (AvgIpc) is 2.63. The molecule has 0 fully saturated rings. The summed E-state index contributed by atoms with van der Waals surface area (Å²) in [7, 11) is 0. The van der Waals surface area contributed by atoms with Crippen molar-refractivity contribution in [3.8, 4) is 0 Å². The van der Waals surface area contributed by atoms with Gasteiger partial charge in [0.2, 0.25) is 0 Å². The van der Waals surface area contributed by atoms with Gasteiger partial charge in [-0.1, -0.05) is 49.2 Å². The van der Waals surface area contributed by atoms with Crippen LogP contribution in [0.3, 0.4) is 0 Å². The van der Waals surface area contributed by atoms with Crippen molar-refractivity contribution in [2.75, 3.05) is 13.1 Å². The molecule has 5 heteroatoms. The summed E-state index contributed by atoms with van der Waals surface area (Å²) in [4.78, 5) is 12.3. The fourth-order valence-corrected chi connectivity index (χ4v) is 3.25. The molecule has 0 aromatic heterocycles. The number of carbonyl (C=O) groups is 1. The van der Waals surface area contributed by atoms with Gasteiger partial charge in [-0.2, -0.15) is 0 Å². The van der Waals surface area contributed by atoms with Crippen LogP contribution in [0.25, 0.3) is 0 Å². The number of carbonyl (C=O) groups excluding carboxylic acids is 1. The number of hydrogen-bond acceptors (Lipinski definition) is 4. The van der Waals surface area contributed by atoms with E-state index in [1.807, 2.05) is 51.1 Å². The van der Waals surface area contributed by atoms with Crippen LogP contribution in [0.15, 0.2) is 42.5 Å². The van der Waals surface area contributed by atoms with Crippen molar-refractivity contribution in [1.82, 2.24) is 10.6 Å². The summed E-state index contributed by atoms with van der Waals surface area (Å²) in [5.41, 5.74) is 1.72. The molecule has 3 atom stereocenters. The molecule has 0 radical (unpaired) electrons. The Kier molecular flexibility index (Phi) is 11.7. The Morgan fingerprint density at radius 2 is 1.87 bits per heavy atom. The summed E-state index contributed by atoms with van der Waals surface area (Å²) >= 11 is 0. The van der Waals surface area contributed by atoms with Gasteiger partial charge in [0.05, 0.1) is 12.1 Å². The number of rotatable bonds is 13. The standard InChI is InChI=1S/C25H42N2O3/c1-19(2)11-10-12-20(3)15-16-26-18-23(28)22(17-21-13-8-7-9-14-21)27-24(29)30-25(4,5)6/h7-9,13-14,20,22-23,26,28H,1,10-12,15-18H2,2-6H3,(H,27,29). The molecule has 1 aromatic carbocycles. The number of amides is 1. The second-order valence-electron chi connectivity index (χ2n) is 9.46. The first-order chi connectivity index (χ1) is 14.1. The minimum atomic E-state index is -0.712. The van der Waals surface area contributed by atoms with Crippen LogP contribution in [0, 0.1) is 5.92 Å². The van der Waals surface area contributed by atoms with E-state index in [9.17, 15) is 9.90 Å². The van der Waals surface area contributed by atoms with E-state index in [0.717, 1.165) is 24.9 Å². The zero-order chi connectivity index (χ0) is 22.6. The average molecular weight is 419 g/mol. The molecule has 170 valence electrons. The van der Waals surface area contributed by atoms with Crippen LogP contribution in [-0.2, 0) is 11.2 Å². The van der Waals surface area contributed by atoms with Crippen LogP contribution in [0.4, 0.5) is 4.79 Å². The van der Waals surface area contributed by atoms with Gasteiger partial charge in [0.1, 0.15) is 5.60 Å². The maximum absolute atomic E-state index is 12.3. The first-order valence-electron chi connectivity index (χ1n) is 11.1. The monoisotopic (exact) mass is 418 g/mol. The van der Waals surface area contributed by atoms with Crippen molar-refractivity contribution in [1.29, 1.82) is 0 Å². The van der Waals surface area contributed by atoms with Crippen molar-refractivity contribution >= 4 is 6.09 Å². The smallest absolute Gasteiger partial charge is 0.407 e. The number of aliphatic hydroxyl groups is 1. The summed E-state index contributed by atoms with van der Waals surface area (Å²) in [6, 6.07) is 9.44. The number of aliphatic hydroxyl groups excluding tert-OH is 1. The molecule has 0 saturated heterocycles. The molecule has 1 amide bonds. The highest BCUT2D eigenvalue weighted by atomic mass is 16.6. The maximum atomic E-state index is 12.3. The molecule has 0 bridgehead atoms. The van der Waals surface area contributed by atoms with Crippen molar-refractivity contribution in [2.45, 2.75) is 84.5 Å². The molecule has 3 unspecified atom stereocenters. The Hall–Kier alpha value is -1.85. The van der Waals surface area contributed by atoms with E-state index in [4.69, 9.17) is 4.74 Å². The van der Waals surface area contributed by atoms with Gasteiger partial charge >= 0.3 is 6.09 Å². The lowest BCUT2D eigenvalue weighted by Gasteiger charge is -2.27. The van der Waals surface area contributed by atoms with Crippen molar-refractivity contribution in [3.05, 3.63) is 48.0 Å². The maximum Gasteiger partial charge on any atom is 0.407 e. The van der Waals surface area contributed by atoms with Gasteiger partial charge in [-0.15, -0.1) is 6.58 Å². The zero-order valence-corrected chi connectivity index (χ0v) is 19.5. The molecule has 0 aliphatic carbocycles. The van der Waals surface area contributed by atoms with E-state index in [1.165, 1.54) is 18.4 Å².